The molecule has 0 saturated carbocycles. The third kappa shape index (κ3) is 7.37. The summed E-state index contributed by atoms with van der Waals surface area (Å²) >= 11 is 0. The van der Waals surface area contributed by atoms with E-state index in [9.17, 15) is 0 Å². The van der Waals surface area contributed by atoms with E-state index in [0.29, 0.717) is 0 Å². The molecule has 0 atom stereocenters. The van der Waals surface area contributed by atoms with Crippen molar-refractivity contribution in [3.8, 4) is 0 Å². The van der Waals surface area contributed by atoms with Gasteiger partial charge in [-0.1, -0.05) is 52.0 Å². The summed E-state index contributed by atoms with van der Waals surface area (Å²) in [7, 11) is 0. The highest BCUT2D eigenvalue weighted by molar-refractivity contribution is 5.34. The number of fused-ring (bicyclic) bond motifs is 1. The molecule has 1 aliphatic rings. The monoisotopic (exact) mass is 262 g/mol. The molecule has 0 fully saturated rings. The fourth-order valence-electron chi connectivity index (χ4n) is 1.88. The molecule has 1 heteroatoms. The van der Waals surface area contributed by atoms with Gasteiger partial charge in [-0.25, -0.2) is 0 Å². The highest BCUT2D eigenvalue weighted by Gasteiger charge is 2.09. The molecule has 0 unspecified atom stereocenters. The molecule has 108 valence electrons. The van der Waals surface area contributed by atoms with Crippen molar-refractivity contribution in [3.63, 3.8) is 0 Å². The van der Waals surface area contributed by atoms with Gasteiger partial charge in [0.2, 0.25) is 0 Å². The minimum atomic E-state index is 0.772. The number of hydrogen-bond acceptors (Lipinski definition) is 1. The van der Waals surface area contributed by atoms with E-state index in [0.717, 1.165) is 25.0 Å². The van der Waals surface area contributed by atoms with Crippen molar-refractivity contribution in [2.45, 2.75) is 53.4 Å². The molecule has 0 saturated heterocycles. The summed E-state index contributed by atoms with van der Waals surface area (Å²) in [5.41, 5.74) is 3.10. The van der Waals surface area contributed by atoms with E-state index in [2.05, 4.69) is 52.0 Å². The molecule has 1 aromatic carbocycles. The van der Waals surface area contributed by atoms with E-state index in [4.69, 9.17) is 4.74 Å². The number of hydrogen-bond donors (Lipinski definition) is 0. The second-order valence-corrected chi connectivity index (χ2v) is 6.25. The average molecular weight is 262 g/mol. The lowest BCUT2D eigenvalue weighted by molar-refractivity contribution is 0.114. The minimum Gasteiger partial charge on any atom is -0.381 e. The summed E-state index contributed by atoms with van der Waals surface area (Å²) in [6.45, 7) is 10.8. The Morgan fingerprint density at radius 2 is 1.26 bits per heavy atom. The van der Waals surface area contributed by atoms with E-state index in [1.807, 2.05) is 0 Å². The van der Waals surface area contributed by atoms with Crippen LogP contribution in [0.5, 0.6) is 0 Å². The van der Waals surface area contributed by atoms with Crippen molar-refractivity contribution in [1.82, 2.24) is 0 Å². The molecule has 0 radical (unpaired) electrons. The van der Waals surface area contributed by atoms with E-state index in [1.54, 1.807) is 11.1 Å². The average Bonchev–Trinajstić information content (AvgIpc) is 2.30. The van der Waals surface area contributed by atoms with Gasteiger partial charge in [-0.3, -0.25) is 0 Å². The van der Waals surface area contributed by atoms with Crippen LogP contribution in [0.25, 0.3) is 0 Å². The molecule has 1 nitrogen and oxygen atoms in total. The standard InChI is InChI=1S/C10H22O.C8H8/c1-9(2)5-7-11-8-6-10(3)4;1-2-4-8-6-5-7(8)3-1/h9-10H,5-8H2,1-4H3;1-4H,5-6H2. The SMILES string of the molecule is CC(C)CCOCCC(C)C.c1ccc2c(c1)CC2. The van der Waals surface area contributed by atoms with Crippen molar-refractivity contribution < 1.29 is 4.74 Å². The summed E-state index contributed by atoms with van der Waals surface area (Å²) in [5.74, 6) is 1.54. The van der Waals surface area contributed by atoms with Gasteiger partial charge in [0.25, 0.3) is 0 Å². The number of aryl methyl sites for hydroxylation is 2. The number of benzene rings is 1. The Hall–Kier alpha value is -0.820. The first-order valence-electron chi connectivity index (χ1n) is 7.74. The Labute approximate surface area is 119 Å². The Morgan fingerprint density at radius 1 is 0.842 bits per heavy atom. The van der Waals surface area contributed by atoms with Gasteiger partial charge < -0.3 is 4.74 Å². The first-order valence-corrected chi connectivity index (χ1v) is 7.74. The lowest BCUT2D eigenvalue weighted by Gasteiger charge is -2.16. The molecule has 1 aliphatic carbocycles. The van der Waals surface area contributed by atoms with Crippen LogP contribution in [0.4, 0.5) is 0 Å². The van der Waals surface area contributed by atoms with Crippen molar-refractivity contribution in [2.24, 2.45) is 11.8 Å². The van der Waals surface area contributed by atoms with Crippen LogP contribution in [-0.4, -0.2) is 13.2 Å². The smallest absolute Gasteiger partial charge is 0.0468 e. The van der Waals surface area contributed by atoms with E-state index < -0.39 is 0 Å². The van der Waals surface area contributed by atoms with Crippen LogP contribution >= 0.6 is 0 Å². The fourth-order valence-corrected chi connectivity index (χ4v) is 1.88. The molecule has 0 amide bonds. The highest BCUT2D eigenvalue weighted by Crippen LogP contribution is 2.20. The van der Waals surface area contributed by atoms with Gasteiger partial charge in [0, 0.05) is 13.2 Å². The van der Waals surface area contributed by atoms with Gasteiger partial charge in [-0.2, -0.15) is 0 Å². The van der Waals surface area contributed by atoms with Crippen molar-refractivity contribution >= 4 is 0 Å². The van der Waals surface area contributed by atoms with Crippen molar-refractivity contribution in [1.29, 1.82) is 0 Å². The van der Waals surface area contributed by atoms with E-state index >= 15 is 0 Å². The topological polar surface area (TPSA) is 9.23 Å². The van der Waals surface area contributed by atoms with Crippen LogP contribution < -0.4 is 0 Å². The Bertz CT molecular complexity index is 308. The molecule has 0 aromatic heterocycles. The fraction of sp³-hybridized carbons (Fsp3) is 0.667. The summed E-state index contributed by atoms with van der Waals surface area (Å²) in [4.78, 5) is 0. The zero-order valence-corrected chi connectivity index (χ0v) is 13.1. The van der Waals surface area contributed by atoms with E-state index in [-0.39, 0.29) is 0 Å². The van der Waals surface area contributed by atoms with Crippen LogP contribution in [-0.2, 0) is 17.6 Å². The predicted molar refractivity (Wildman–Crippen MR) is 83.6 cm³/mol. The predicted octanol–water partition coefficient (Wildman–Crippen LogP) is 4.88. The Morgan fingerprint density at radius 3 is 1.53 bits per heavy atom. The molecule has 1 aromatic rings. The number of ether oxygens (including phenoxy) is 1. The van der Waals surface area contributed by atoms with Gasteiger partial charge >= 0.3 is 0 Å². The van der Waals surface area contributed by atoms with Crippen molar-refractivity contribution in [2.75, 3.05) is 13.2 Å². The van der Waals surface area contributed by atoms with Gasteiger partial charge in [0.1, 0.15) is 0 Å². The molecule has 19 heavy (non-hydrogen) atoms. The summed E-state index contributed by atoms with van der Waals surface area (Å²) < 4.78 is 5.46. The van der Waals surface area contributed by atoms with Gasteiger partial charge in [-0.05, 0) is 48.6 Å². The lowest BCUT2D eigenvalue weighted by atomic mass is 9.89. The normalized spacial score (nSPS) is 12.7. The second-order valence-electron chi connectivity index (χ2n) is 6.25. The third-order valence-corrected chi connectivity index (χ3v) is 3.46. The van der Waals surface area contributed by atoms with Crippen molar-refractivity contribution in [3.05, 3.63) is 35.4 Å². The maximum absolute atomic E-state index is 5.46. The maximum atomic E-state index is 5.46. The molecule has 0 N–H and O–H groups in total. The molecule has 0 spiro atoms. The summed E-state index contributed by atoms with van der Waals surface area (Å²) in [6.07, 6.45) is 4.99. The quantitative estimate of drug-likeness (QED) is 0.664. The Kier molecular flexibility index (Phi) is 7.81. The van der Waals surface area contributed by atoms with Crippen LogP contribution in [0.3, 0.4) is 0 Å². The molecule has 0 bridgehead atoms. The first kappa shape index (κ1) is 16.2. The zero-order valence-electron chi connectivity index (χ0n) is 13.1. The van der Waals surface area contributed by atoms with Crippen LogP contribution in [0.2, 0.25) is 0 Å². The van der Waals surface area contributed by atoms with Crippen LogP contribution in [0.15, 0.2) is 24.3 Å². The molecular weight excluding hydrogens is 232 g/mol. The highest BCUT2D eigenvalue weighted by atomic mass is 16.5. The molecule has 2 rings (SSSR count). The van der Waals surface area contributed by atoms with Crippen LogP contribution in [0, 0.1) is 11.8 Å². The molecule has 0 heterocycles. The zero-order chi connectivity index (χ0) is 14.1. The minimum absolute atomic E-state index is 0.772. The molecule has 0 aliphatic heterocycles. The largest absolute Gasteiger partial charge is 0.381 e. The van der Waals surface area contributed by atoms with Gasteiger partial charge in [-0.15, -0.1) is 0 Å². The lowest BCUT2D eigenvalue weighted by Crippen LogP contribution is -2.06. The molecular formula is C18H30O. The Balaban J connectivity index is 0.000000196. The van der Waals surface area contributed by atoms with E-state index in [1.165, 1.54) is 25.7 Å². The summed E-state index contributed by atoms with van der Waals surface area (Å²) in [6, 6.07) is 8.63. The van der Waals surface area contributed by atoms with Crippen LogP contribution in [0.1, 0.15) is 51.7 Å². The van der Waals surface area contributed by atoms with Gasteiger partial charge in [0.15, 0.2) is 0 Å². The number of rotatable bonds is 6. The summed E-state index contributed by atoms with van der Waals surface area (Å²) in [5, 5.41) is 0. The van der Waals surface area contributed by atoms with Gasteiger partial charge in [0.05, 0.1) is 0 Å². The first-order chi connectivity index (χ1) is 9.09. The maximum Gasteiger partial charge on any atom is 0.0468 e. The second kappa shape index (κ2) is 9.14. The third-order valence-electron chi connectivity index (χ3n) is 3.46.